The summed E-state index contributed by atoms with van der Waals surface area (Å²) in [4.78, 5) is 0. The number of unbranched alkanes of at least 4 members (excludes halogenated alkanes) is 14. The van der Waals surface area contributed by atoms with Gasteiger partial charge in [0.25, 0.3) is 0 Å². The van der Waals surface area contributed by atoms with Gasteiger partial charge >= 0.3 is 0 Å². The van der Waals surface area contributed by atoms with Crippen molar-refractivity contribution in [1.82, 2.24) is 0 Å². The molecule has 0 atom stereocenters. The zero-order valence-electron chi connectivity index (χ0n) is 20.7. The minimum Gasteiger partial charge on any atom is -0.455 e. The van der Waals surface area contributed by atoms with Crippen molar-refractivity contribution in [2.75, 3.05) is 13.1 Å². The largest absolute Gasteiger partial charge is 0.455 e. The van der Waals surface area contributed by atoms with Crippen LogP contribution in [0.3, 0.4) is 0 Å². The molecule has 0 amide bonds. The molecule has 29 heavy (non-hydrogen) atoms. The van der Waals surface area contributed by atoms with Crippen molar-refractivity contribution in [2.45, 2.75) is 141 Å². The second-order valence-corrected chi connectivity index (χ2v) is 19.2. The minimum atomic E-state index is -1.48. The van der Waals surface area contributed by atoms with Crippen LogP contribution in [-0.2, 0) is 4.12 Å². The first-order chi connectivity index (χ1) is 13.8. The monoisotopic (exact) mass is 444 g/mol. The molecule has 0 bridgehead atoms. The summed E-state index contributed by atoms with van der Waals surface area (Å²) in [7, 11) is -2.96. The fourth-order valence-corrected chi connectivity index (χ4v) is 13.4. The zero-order chi connectivity index (χ0) is 21.8. The molecule has 0 spiro atoms. The van der Waals surface area contributed by atoms with Gasteiger partial charge in [0.05, 0.1) is 0 Å². The topological polar surface area (TPSA) is 61.3 Å². The van der Waals surface area contributed by atoms with Crippen LogP contribution in [0.15, 0.2) is 0 Å². The van der Waals surface area contributed by atoms with Crippen molar-refractivity contribution in [3.63, 3.8) is 0 Å². The maximum atomic E-state index is 6.82. The molecule has 0 aliphatic carbocycles. The van der Waals surface area contributed by atoms with Crippen LogP contribution in [0.4, 0.5) is 0 Å². The fourth-order valence-electron chi connectivity index (χ4n) is 4.36. The van der Waals surface area contributed by atoms with Crippen molar-refractivity contribution >= 4 is 16.6 Å². The van der Waals surface area contributed by atoms with E-state index in [4.69, 9.17) is 15.6 Å². The van der Waals surface area contributed by atoms with E-state index in [1.807, 2.05) is 0 Å². The van der Waals surface area contributed by atoms with Gasteiger partial charge in [-0.25, -0.2) is 0 Å². The Hall–Kier alpha value is 0.314. The van der Waals surface area contributed by atoms with E-state index in [0.29, 0.717) is 0 Å². The maximum absolute atomic E-state index is 6.82. The molecule has 3 nitrogen and oxygen atoms in total. The van der Waals surface area contributed by atoms with Crippen LogP contribution in [-0.4, -0.2) is 29.7 Å². The summed E-state index contributed by atoms with van der Waals surface area (Å²) < 4.78 is 6.82. The molecule has 4 N–H and O–H groups in total. The number of hydrogen-bond donors (Lipinski definition) is 2. The standard InChI is InChI=1S/C24H56N2OSi2/c1-28(2,23-19-15-11-7-5-9-13-17-21-25)27-29(3,4)24-20-16-12-8-6-10-14-18-22-26/h5-26H2,1-4H3. The molecule has 0 heterocycles. The zero-order valence-corrected chi connectivity index (χ0v) is 22.7. The molecule has 5 heteroatoms. The Kier molecular flexibility index (Phi) is 19.2. The Balaban J connectivity index is 3.69. The first kappa shape index (κ1) is 29.3. The minimum absolute atomic E-state index is 0.856. The van der Waals surface area contributed by atoms with Gasteiger partial charge in [0.2, 0.25) is 0 Å². The summed E-state index contributed by atoms with van der Waals surface area (Å²) in [6.07, 6.45) is 21.7. The molecule has 0 radical (unpaired) electrons. The third kappa shape index (κ3) is 21.3. The molecule has 0 rings (SSSR count). The Morgan fingerprint density at radius 2 is 0.655 bits per heavy atom. The molecule has 0 unspecified atom stereocenters. The Morgan fingerprint density at radius 3 is 0.931 bits per heavy atom. The van der Waals surface area contributed by atoms with E-state index in [2.05, 4.69) is 26.2 Å². The smallest absolute Gasteiger partial charge is 0.173 e. The van der Waals surface area contributed by atoms with Crippen molar-refractivity contribution in [3.05, 3.63) is 0 Å². The Morgan fingerprint density at radius 1 is 0.414 bits per heavy atom. The van der Waals surface area contributed by atoms with Crippen molar-refractivity contribution in [2.24, 2.45) is 11.5 Å². The van der Waals surface area contributed by atoms with Gasteiger partial charge in [-0.1, -0.05) is 89.9 Å². The molecule has 176 valence electrons. The Labute approximate surface area is 186 Å². The lowest BCUT2D eigenvalue weighted by atomic mass is 10.1. The second kappa shape index (κ2) is 19.0. The van der Waals surface area contributed by atoms with E-state index < -0.39 is 16.6 Å². The summed E-state index contributed by atoms with van der Waals surface area (Å²) >= 11 is 0. The van der Waals surface area contributed by atoms with Gasteiger partial charge in [-0.3, -0.25) is 0 Å². The third-order valence-electron chi connectivity index (χ3n) is 6.02. The van der Waals surface area contributed by atoms with E-state index >= 15 is 0 Å². The van der Waals surface area contributed by atoms with E-state index in [9.17, 15) is 0 Å². The van der Waals surface area contributed by atoms with Crippen LogP contribution in [0, 0.1) is 0 Å². The van der Waals surface area contributed by atoms with E-state index in [1.165, 1.54) is 115 Å². The predicted octanol–water partition coefficient (Wildman–Crippen LogP) is 7.57. The highest BCUT2D eigenvalue weighted by molar-refractivity contribution is 6.84. The maximum Gasteiger partial charge on any atom is 0.173 e. The van der Waals surface area contributed by atoms with Gasteiger partial charge in [0, 0.05) is 0 Å². The molecule has 0 fully saturated rings. The van der Waals surface area contributed by atoms with E-state index in [-0.39, 0.29) is 0 Å². The lowest BCUT2D eigenvalue weighted by Crippen LogP contribution is -2.44. The number of hydrogen-bond acceptors (Lipinski definition) is 3. The predicted molar refractivity (Wildman–Crippen MR) is 138 cm³/mol. The summed E-state index contributed by atoms with van der Waals surface area (Å²) in [5.41, 5.74) is 11.1. The first-order valence-corrected chi connectivity index (χ1v) is 19.2. The summed E-state index contributed by atoms with van der Waals surface area (Å²) in [6, 6.07) is 2.69. The summed E-state index contributed by atoms with van der Waals surface area (Å²) in [5.74, 6) is 0. The highest BCUT2D eigenvalue weighted by Gasteiger charge is 2.32. The van der Waals surface area contributed by atoms with Gasteiger partial charge in [-0.2, -0.15) is 0 Å². The number of nitrogens with two attached hydrogens (primary N) is 2. The van der Waals surface area contributed by atoms with Crippen LogP contribution in [0.1, 0.15) is 103 Å². The average molecular weight is 445 g/mol. The molecule has 0 aromatic carbocycles. The molecule has 0 saturated heterocycles. The molecular formula is C24H56N2OSi2. The summed E-state index contributed by atoms with van der Waals surface area (Å²) in [6.45, 7) is 11.5. The molecule has 0 aromatic heterocycles. The lowest BCUT2D eigenvalue weighted by molar-refractivity contribution is 0.516. The van der Waals surface area contributed by atoms with Crippen LogP contribution < -0.4 is 11.5 Å². The van der Waals surface area contributed by atoms with Crippen LogP contribution in [0.2, 0.25) is 38.3 Å². The van der Waals surface area contributed by atoms with E-state index in [1.54, 1.807) is 0 Å². The van der Waals surface area contributed by atoms with E-state index in [0.717, 1.165) is 13.1 Å². The molecule has 0 aliphatic heterocycles. The molecule has 0 saturated carbocycles. The quantitative estimate of drug-likeness (QED) is 0.134. The molecule has 0 aliphatic rings. The number of rotatable bonds is 22. The average Bonchev–Trinajstić information content (AvgIpc) is 2.64. The van der Waals surface area contributed by atoms with Gasteiger partial charge in [-0.15, -0.1) is 0 Å². The third-order valence-corrected chi connectivity index (χ3v) is 13.6. The van der Waals surface area contributed by atoms with Gasteiger partial charge in [-0.05, 0) is 64.2 Å². The van der Waals surface area contributed by atoms with Crippen molar-refractivity contribution in [3.8, 4) is 0 Å². The van der Waals surface area contributed by atoms with Gasteiger partial charge in [0.15, 0.2) is 16.6 Å². The molecule has 0 aromatic rings. The highest BCUT2D eigenvalue weighted by Crippen LogP contribution is 2.26. The van der Waals surface area contributed by atoms with Crippen molar-refractivity contribution < 1.29 is 4.12 Å². The fraction of sp³-hybridized carbons (Fsp3) is 1.00. The normalized spacial score (nSPS) is 12.6. The summed E-state index contributed by atoms with van der Waals surface area (Å²) in [5, 5.41) is 0. The van der Waals surface area contributed by atoms with Gasteiger partial charge in [0.1, 0.15) is 0 Å². The highest BCUT2D eigenvalue weighted by atomic mass is 28.4. The lowest BCUT2D eigenvalue weighted by Gasteiger charge is -2.34. The van der Waals surface area contributed by atoms with Gasteiger partial charge < -0.3 is 15.6 Å². The SMILES string of the molecule is C[Si](C)(CCCCCCCCCCN)O[Si](C)(C)CCCCCCCCCCN. The van der Waals surface area contributed by atoms with Crippen LogP contribution >= 0.6 is 0 Å². The molecular weight excluding hydrogens is 388 g/mol. The van der Waals surface area contributed by atoms with Crippen LogP contribution in [0.25, 0.3) is 0 Å². The van der Waals surface area contributed by atoms with Crippen molar-refractivity contribution in [1.29, 1.82) is 0 Å². The second-order valence-electron chi connectivity index (χ2n) is 10.4. The first-order valence-electron chi connectivity index (χ1n) is 12.9. The van der Waals surface area contributed by atoms with Crippen LogP contribution in [0.5, 0.6) is 0 Å². The Bertz CT molecular complexity index is 320.